The molecule has 1 saturated heterocycles. The van der Waals surface area contributed by atoms with Crippen molar-refractivity contribution < 1.29 is 4.79 Å². The van der Waals surface area contributed by atoms with Crippen LogP contribution in [0.3, 0.4) is 0 Å². The number of aryl methyl sites for hydroxylation is 2. The standard InChI is InChI=1S/C30H35N3O/c1-4-5-10-23-19-25-24-12-7-6-11-22(24)18-26(25)29(28(23)30(31)34)33-16-14-32(15-17-33)27-13-8-9-20(2)21(27)3/h6-9,11-13,19H,4-5,10,14-18H2,1-3H3,(H2,31,34). The van der Waals surface area contributed by atoms with Crippen LogP contribution in [0.1, 0.15) is 57.9 Å². The fourth-order valence-corrected chi connectivity index (χ4v) is 5.75. The molecule has 1 aliphatic heterocycles. The average molecular weight is 454 g/mol. The third-order valence-electron chi connectivity index (χ3n) is 7.72. The Labute approximate surface area is 203 Å². The highest BCUT2D eigenvalue weighted by molar-refractivity contribution is 6.03. The van der Waals surface area contributed by atoms with E-state index in [-0.39, 0.29) is 5.91 Å². The number of rotatable bonds is 6. The van der Waals surface area contributed by atoms with Crippen molar-refractivity contribution in [1.82, 2.24) is 0 Å². The zero-order valence-corrected chi connectivity index (χ0v) is 20.7. The maximum atomic E-state index is 12.9. The molecule has 2 N–H and O–H groups in total. The predicted molar refractivity (Wildman–Crippen MR) is 142 cm³/mol. The summed E-state index contributed by atoms with van der Waals surface area (Å²) >= 11 is 0. The molecular weight excluding hydrogens is 418 g/mol. The second-order valence-corrected chi connectivity index (χ2v) is 9.78. The van der Waals surface area contributed by atoms with Gasteiger partial charge in [-0.1, -0.05) is 49.7 Å². The van der Waals surface area contributed by atoms with E-state index in [0.29, 0.717) is 0 Å². The predicted octanol–water partition coefficient (Wildman–Crippen LogP) is 5.64. The molecule has 4 heteroatoms. The lowest BCUT2D eigenvalue weighted by atomic mass is 9.91. The molecule has 5 rings (SSSR count). The summed E-state index contributed by atoms with van der Waals surface area (Å²) in [5.41, 5.74) is 18.2. The van der Waals surface area contributed by atoms with Gasteiger partial charge in [-0.2, -0.15) is 0 Å². The van der Waals surface area contributed by atoms with Gasteiger partial charge in [-0.25, -0.2) is 0 Å². The summed E-state index contributed by atoms with van der Waals surface area (Å²) in [5.74, 6) is -0.295. The van der Waals surface area contributed by atoms with Gasteiger partial charge in [0.1, 0.15) is 0 Å². The maximum Gasteiger partial charge on any atom is 0.251 e. The number of amides is 1. The highest BCUT2D eigenvalue weighted by Gasteiger charge is 2.31. The van der Waals surface area contributed by atoms with Crippen LogP contribution < -0.4 is 15.5 Å². The van der Waals surface area contributed by atoms with Gasteiger partial charge in [-0.05, 0) is 77.8 Å². The van der Waals surface area contributed by atoms with Gasteiger partial charge >= 0.3 is 0 Å². The third kappa shape index (κ3) is 3.85. The van der Waals surface area contributed by atoms with Crippen molar-refractivity contribution in [3.8, 4) is 11.1 Å². The molecule has 0 aromatic heterocycles. The van der Waals surface area contributed by atoms with Crippen LogP contribution in [0.2, 0.25) is 0 Å². The van der Waals surface area contributed by atoms with E-state index in [9.17, 15) is 4.79 Å². The van der Waals surface area contributed by atoms with Crippen LogP contribution in [-0.4, -0.2) is 32.1 Å². The lowest BCUT2D eigenvalue weighted by molar-refractivity contribution is 0.0999. The molecule has 1 fully saturated rings. The van der Waals surface area contributed by atoms with Crippen LogP contribution >= 0.6 is 0 Å². The van der Waals surface area contributed by atoms with Crippen molar-refractivity contribution in [2.45, 2.75) is 46.5 Å². The Morgan fingerprint density at radius 3 is 2.41 bits per heavy atom. The Morgan fingerprint density at radius 1 is 0.941 bits per heavy atom. The first-order valence-corrected chi connectivity index (χ1v) is 12.6. The van der Waals surface area contributed by atoms with Gasteiger partial charge in [0.15, 0.2) is 0 Å². The molecule has 0 radical (unpaired) electrons. The molecule has 4 nitrogen and oxygen atoms in total. The monoisotopic (exact) mass is 453 g/mol. The summed E-state index contributed by atoms with van der Waals surface area (Å²) in [4.78, 5) is 17.8. The highest BCUT2D eigenvalue weighted by Crippen LogP contribution is 2.45. The number of nitrogens with zero attached hydrogens (tertiary/aromatic N) is 2. The summed E-state index contributed by atoms with van der Waals surface area (Å²) in [5, 5.41) is 0. The van der Waals surface area contributed by atoms with Crippen molar-refractivity contribution in [2.75, 3.05) is 36.0 Å². The molecule has 34 heavy (non-hydrogen) atoms. The second-order valence-electron chi connectivity index (χ2n) is 9.78. The zero-order chi connectivity index (χ0) is 23.8. The van der Waals surface area contributed by atoms with Gasteiger partial charge in [0.25, 0.3) is 5.91 Å². The third-order valence-corrected chi connectivity index (χ3v) is 7.72. The average Bonchev–Trinajstić information content (AvgIpc) is 3.22. The molecule has 1 aliphatic carbocycles. The molecular formula is C30H35N3O. The van der Waals surface area contributed by atoms with E-state index >= 15 is 0 Å². The molecule has 0 spiro atoms. The van der Waals surface area contributed by atoms with Gasteiger partial charge in [-0.3, -0.25) is 4.79 Å². The number of anilines is 2. The minimum Gasteiger partial charge on any atom is -0.368 e. The summed E-state index contributed by atoms with van der Waals surface area (Å²) in [6.07, 6.45) is 3.91. The van der Waals surface area contributed by atoms with Crippen LogP contribution in [0.4, 0.5) is 11.4 Å². The van der Waals surface area contributed by atoms with Crippen molar-refractivity contribution >= 4 is 17.3 Å². The number of nitrogens with two attached hydrogens (primary N) is 1. The Morgan fingerprint density at radius 2 is 1.68 bits per heavy atom. The minimum absolute atomic E-state index is 0.295. The molecule has 0 unspecified atom stereocenters. The van der Waals surface area contributed by atoms with Crippen LogP contribution in [0.15, 0.2) is 48.5 Å². The van der Waals surface area contributed by atoms with E-state index in [2.05, 4.69) is 79.1 Å². The normalized spacial score (nSPS) is 14.8. The lowest BCUT2D eigenvalue weighted by Gasteiger charge is -2.40. The highest BCUT2D eigenvalue weighted by atomic mass is 16.1. The summed E-state index contributed by atoms with van der Waals surface area (Å²) in [7, 11) is 0. The van der Waals surface area contributed by atoms with E-state index < -0.39 is 0 Å². The molecule has 2 aliphatic rings. The number of hydrogen-bond donors (Lipinski definition) is 1. The SMILES string of the molecule is CCCCc1cc2c(c(N3CCN(c4cccc(C)c4C)CC3)c1C(N)=O)Cc1ccccc1-2. The van der Waals surface area contributed by atoms with Gasteiger partial charge in [0, 0.05) is 38.3 Å². The smallest absolute Gasteiger partial charge is 0.251 e. The van der Waals surface area contributed by atoms with Crippen molar-refractivity contribution in [1.29, 1.82) is 0 Å². The van der Waals surface area contributed by atoms with Gasteiger partial charge < -0.3 is 15.5 Å². The van der Waals surface area contributed by atoms with Crippen LogP contribution in [-0.2, 0) is 12.8 Å². The summed E-state index contributed by atoms with van der Waals surface area (Å²) in [6.45, 7) is 10.2. The van der Waals surface area contributed by atoms with Crippen LogP contribution in [0.25, 0.3) is 11.1 Å². The number of unbranched alkanes of at least 4 members (excludes halogenated alkanes) is 1. The number of hydrogen-bond acceptors (Lipinski definition) is 3. The number of carbonyl (C=O) groups excluding carboxylic acids is 1. The quantitative estimate of drug-likeness (QED) is 0.411. The van der Waals surface area contributed by atoms with Crippen molar-refractivity contribution in [2.24, 2.45) is 5.73 Å². The number of carbonyl (C=O) groups is 1. The second kappa shape index (κ2) is 9.17. The number of piperazine rings is 1. The summed E-state index contributed by atoms with van der Waals surface area (Å²) < 4.78 is 0. The van der Waals surface area contributed by atoms with E-state index in [4.69, 9.17) is 5.73 Å². The van der Waals surface area contributed by atoms with Crippen molar-refractivity contribution in [3.05, 3.63) is 81.9 Å². The lowest BCUT2D eigenvalue weighted by Crippen LogP contribution is -2.47. The molecule has 0 atom stereocenters. The molecule has 176 valence electrons. The first-order valence-electron chi connectivity index (χ1n) is 12.6. The minimum atomic E-state index is -0.295. The zero-order valence-electron chi connectivity index (χ0n) is 20.7. The molecule has 3 aromatic carbocycles. The van der Waals surface area contributed by atoms with E-state index in [1.54, 1.807) is 0 Å². The van der Waals surface area contributed by atoms with Crippen LogP contribution in [0.5, 0.6) is 0 Å². The van der Waals surface area contributed by atoms with Gasteiger partial charge in [-0.15, -0.1) is 0 Å². The molecule has 1 heterocycles. The number of fused-ring (bicyclic) bond motifs is 3. The summed E-state index contributed by atoms with van der Waals surface area (Å²) in [6, 6.07) is 17.5. The van der Waals surface area contributed by atoms with E-state index in [1.807, 2.05) is 0 Å². The van der Waals surface area contributed by atoms with Gasteiger partial charge in [0.05, 0.1) is 11.3 Å². The number of benzene rings is 3. The fourth-order valence-electron chi connectivity index (χ4n) is 5.75. The molecule has 1 amide bonds. The largest absolute Gasteiger partial charge is 0.368 e. The Bertz CT molecular complexity index is 1240. The first kappa shape index (κ1) is 22.5. The maximum absolute atomic E-state index is 12.9. The number of primary amides is 1. The van der Waals surface area contributed by atoms with Crippen molar-refractivity contribution in [3.63, 3.8) is 0 Å². The first-order chi connectivity index (χ1) is 16.5. The van der Waals surface area contributed by atoms with E-state index in [0.717, 1.165) is 68.7 Å². The fraction of sp³-hybridized carbons (Fsp3) is 0.367. The topological polar surface area (TPSA) is 49.6 Å². The van der Waals surface area contributed by atoms with Crippen LogP contribution in [0, 0.1) is 13.8 Å². The molecule has 0 bridgehead atoms. The van der Waals surface area contributed by atoms with E-state index in [1.165, 1.54) is 39.1 Å². The van der Waals surface area contributed by atoms with Gasteiger partial charge in [0.2, 0.25) is 0 Å². The Hall–Kier alpha value is -3.27. The Balaban J connectivity index is 1.55. The molecule has 0 saturated carbocycles. The molecule has 3 aromatic rings. The Kier molecular flexibility index (Phi) is 6.07.